The molecule has 1 aliphatic carbocycles. The van der Waals surface area contributed by atoms with E-state index in [0.717, 1.165) is 22.3 Å². The molecule has 2 aliphatic rings. The van der Waals surface area contributed by atoms with E-state index in [4.69, 9.17) is 4.74 Å². The molecule has 150 valence electrons. The summed E-state index contributed by atoms with van der Waals surface area (Å²) in [7, 11) is 1.40. The summed E-state index contributed by atoms with van der Waals surface area (Å²) in [5.41, 5.74) is 2.97. The van der Waals surface area contributed by atoms with Crippen molar-refractivity contribution in [1.82, 2.24) is 5.32 Å². The molecule has 1 saturated heterocycles. The Hall–Kier alpha value is -3.24. The van der Waals surface area contributed by atoms with Crippen molar-refractivity contribution in [2.75, 3.05) is 7.11 Å². The van der Waals surface area contributed by atoms with Crippen LogP contribution >= 0.6 is 0 Å². The largest absolute Gasteiger partial charge is 0.468 e. The van der Waals surface area contributed by atoms with Gasteiger partial charge in [0.15, 0.2) is 5.78 Å². The number of rotatable bonds is 3. The third-order valence-electron chi connectivity index (χ3n) is 6.66. The normalized spacial score (nSPS) is 27.2. The van der Waals surface area contributed by atoms with Crippen molar-refractivity contribution in [3.63, 3.8) is 0 Å². The van der Waals surface area contributed by atoms with Crippen molar-refractivity contribution >= 4 is 11.8 Å². The highest BCUT2D eigenvalue weighted by Crippen LogP contribution is 2.59. The summed E-state index contributed by atoms with van der Waals surface area (Å²) in [6.45, 7) is 0. The number of carbonyl (C=O) groups excluding carboxylic acids is 2. The molecular formula is C26H23NO3. The molecule has 1 N–H and O–H groups in total. The van der Waals surface area contributed by atoms with Crippen LogP contribution in [-0.2, 0) is 16.0 Å². The molecule has 1 heterocycles. The summed E-state index contributed by atoms with van der Waals surface area (Å²) in [5.74, 6) is -0.582. The topological polar surface area (TPSA) is 55.4 Å². The molecule has 5 rings (SSSR count). The first-order chi connectivity index (χ1) is 14.7. The Labute approximate surface area is 175 Å². The molecule has 0 amide bonds. The number of fused-ring (bicyclic) bond motifs is 1. The maximum Gasteiger partial charge on any atom is 0.323 e. The molecule has 1 spiro atoms. The van der Waals surface area contributed by atoms with Crippen LogP contribution in [0.4, 0.5) is 0 Å². The van der Waals surface area contributed by atoms with E-state index in [1.165, 1.54) is 7.11 Å². The number of hydrogen-bond donors (Lipinski definition) is 1. The van der Waals surface area contributed by atoms with Crippen LogP contribution in [0.2, 0.25) is 0 Å². The summed E-state index contributed by atoms with van der Waals surface area (Å²) < 4.78 is 5.17. The van der Waals surface area contributed by atoms with Crippen LogP contribution in [0.15, 0.2) is 84.9 Å². The Kier molecular flexibility index (Phi) is 4.52. The lowest BCUT2D eigenvalue weighted by Gasteiger charge is -2.35. The fraction of sp³-hybridized carbons (Fsp3) is 0.231. The molecule has 1 fully saturated rings. The quantitative estimate of drug-likeness (QED) is 0.677. The summed E-state index contributed by atoms with van der Waals surface area (Å²) in [5, 5.41) is 3.51. The molecule has 4 nitrogen and oxygen atoms in total. The molecule has 1 aliphatic heterocycles. The number of benzene rings is 3. The standard InChI is InChI=1S/C26H23NO3/c1-30-25(29)22-21(17-10-4-2-5-11-17)26(23(27-22)18-12-6-3-7-13-18)16-19-14-8-9-15-20(19)24(26)28/h2-15,21-23,27H,16H2,1H3. The first kappa shape index (κ1) is 18.8. The van der Waals surface area contributed by atoms with Crippen molar-refractivity contribution in [3.8, 4) is 0 Å². The van der Waals surface area contributed by atoms with Crippen LogP contribution in [0.3, 0.4) is 0 Å². The van der Waals surface area contributed by atoms with Gasteiger partial charge >= 0.3 is 5.97 Å². The van der Waals surface area contributed by atoms with E-state index >= 15 is 0 Å². The van der Waals surface area contributed by atoms with Crippen molar-refractivity contribution in [2.45, 2.75) is 24.4 Å². The van der Waals surface area contributed by atoms with Crippen LogP contribution in [0.1, 0.15) is 39.0 Å². The number of ether oxygens (including phenoxy) is 1. The summed E-state index contributed by atoms with van der Waals surface area (Å²) in [6, 6.07) is 26.7. The van der Waals surface area contributed by atoms with E-state index in [2.05, 4.69) is 5.32 Å². The predicted octanol–water partition coefficient (Wildman–Crippen LogP) is 4.08. The van der Waals surface area contributed by atoms with Crippen LogP contribution < -0.4 is 5.32 Å². The predicted molar refractivity (Wildman–Crippen MR) is 114 cm³/mol. The highest BCUT2D eigenvalue weighted by Gasteiger charge is 2.64. The summed E-state index contributed by atoms with van der Waals surface area (Å²) in [4.78, 5) is 27.0. The first-order valence-electron chi connectivity index (χ1n) is 10.2. The molecule has 30 heavy (non-hydrogen) atoms. The zero-order chi connectivity index (χ0) is 20.7. The van der Waals surface area contributed by atoms with Crippen molar-refractivity contribution in [1.29, 1.82) is 0 Å². The molecule has 4 heteroatoms. The molecule has 0 radical (unpaired) electrons. The second-order valence-corrected chi connectivity index (χ2v) is 8.10. The third kappa shape index (κ3) is 2.64. The van der Waals surface area contributed by atoms with E-state index in [1.54, 1.807) is 0 Å². The molecule has 3 aromatic rings. The lowest BCUT2D eigenvalue weighted by atomic mass is 9.64. The van der Waals surface area contributed by atoms with Gasteiger partial charge in [-0.15, -0.1) is 0 Å². The van der Waals surface area contributed by atoms with Crippen molar-refractivity contribution in [2.24, 2.45) is 5.41 Å². The molecule has 4 unspecified atom stereocenters. The van der Waals surface area contributed by atoms with Crippen LogP contribution in [0.5, 0.6) is 0 Å². The third-order valence-corrected chi connectivity index (χ3v) is 6.66. The Morgan fingerprint density at radius 1 is 0.900 bits per heavy atom. The molecule has 0 bridgehead atoms. The van der Waals surface area contributed by atoms with Crippen molar-refractivity contribution in [3.05, 3.63) is 107 Å². The van der Waals surface area contributed by atoms with E-state index < -0.39 is 11.5 Å². The van der Waals surface area contributed by atoms with E-state index in [9.17, 15) is 9.59 Å². The minimum atomic E-state index is -0.800. The maximum atomic E-state index is 14.1. The molecule has 3 aromatic carbocycles. The highest BCUT2D eigenvalue weighted by atomic mass is 16.5. The first-order valence-corrected chi connectivity index (χ1v) is 10.2. The second kappa shape index (κ2) is 7.22. The number of esters is 1. The van der Waals surface area contributed by atoms with Gasteiger partial charge in [-0.25, -0.2) is 0 Å². The Morgan fingerprint density at radius 2 is 1.50 bits per heavy atom. The van der Waals surface area contributed by atoms with Gasteiger partial charge in [0.25, 0.3) is 0 Å². The zero-order valence-corrected chi connectivity index (χ0v) is 16.7. The van der Waals surface area contributed by atoms with Gasteiger partial charge in [0.05, 0.1) is 12.5 Å². The SMILES string of the molecule is COC(=O)C1NC(c2ccccc2)C2(Cc3ccccc3C2=O)C1c1ccccc1. The van der Waals surface area contributed by atoms with Crippen LogP contribution in [0, 0.1) is 5.41 Å². The van der Waals surface area contributed by atoms with Crippen molar-refractivity contribution < 1.29 is 14.3 Å². The van der Waals surface area contributed by atoms with Gasteiger partial charge in [-0.2, -0.15) is 0 Å². The van der Waals surface area contributed by atoms with Gasteiger partial charge in [-0.1, -0.05) is 84.9 Å². The van der Waals surface area contributed by atoms with E-state index in [1.807, 2.05) is 84.9 Å². The van der Waals surface area contributed by atoms with E-state index in [-0.39, 0.29) is 23.7 Å². The maximum absolute atomic E-state index is 14.1. The molecule has 0 aromatic heterocycles. The van der Waals surface area contributed by atoms with Crippen LogP contribution in [-0.4, -0.2) is 24.9 Å². The molecule has 4 atom stereocenters. The molecular weight excluding hydrogens is 374 g/mol. The lowest BCUT2D eigenvalue weighted by molar-refractivity contribution is -0.143. The lowest BCUT2D eigenvalue weighted by Crippen LogP contribution is -2.39. The second-order valence-electron chi connectivity index (χ2n) is 8.10. The monoisotopic (exact) mass is 397 g/mol. The Morgan fingerprint density at radius 3 is 2.13 bits per heavy atom. The Balaban J connectivity index is 1.75. The van der Waals surface area contributed by atoms with Gasteiger partial charge in [0.2, 0.25) is 0 Å². The van der Waals surface area contributed by atoms with Crippen LogP contribution in [0.25, 0.3) is 0 Å². The number of ketones is 1. The molecule has 0 saturated carbocycles. The minimum Gasteiger partial charge on any atom is -0.468 e. The smallest absolute Gasteiger partial charge is 0.323 e. The van der Waals surface area contributed by atoms with Gasteiger partial charge in [-0.05, 0) is 23.1 Å². The summed E-state index contributed by atoms with van der Waals surface area (Å²) >= 11 is 0. The van der Waals surface area contributed by atoms with E-state index in [0.29, 0.717) is 6.42 Å². The number of methoxy groups -OCH3 is 1. The van der Waals surface area contributed by atoms with Gasteiger partial charge in [-0.3, -0.25) is 14.9 Å². The summed E-state index contributed by atoms with van der Waals surface area (Å²) in [6.07, 6.45) is 0.585. The highest BCUT2D eigenvalue weighted by molar-refractivity contribution is 6.07. The zero-order valence-electron chi connectivity index (χ0n) is 16.7. The average molecular weight is 397 g/mol. The van der Waals surface area contributed by atoms with Gasteiger partial charge in [0, 0.05) is 17.5 Å². The fourth-order valence-electron chi connectivity index (χ4n) is 5.45. The number of hydrogen-bond acceptors (Lipinski definition) is 4. The van der Waals surface area contributed by atoms with Gasteiger partial charge < -0.3 is 4.74 Å². The number of Topliss-reactive ketones (excluding diaryl/α,β-unsaturated/α-hetero) is 1. The fourth-order valence-corrected chi connectivity index (χ4v) is 5.45. The average Bonchev–Trinajstić information content (AvgIpc) is 3.30. The Bertz CT molecular complexity index is 1100. The van der Waals surface area contributed by atoms with Gasteiger partial charge in [0.1, 0.15) is 6.04 Å². The minimum absolute atomic E-state index is 0.0970. The number of carbonyl (C=O) groups is 2. The number of nitrogens with one attached hydrogen (secondary N) is 1.